The van der Waals surface area contributed by atoms with Crippen molar-refractivity contribution in [1.29, 1.82) is 0 Å². The van der Waals surface area contributed by atoms with Crippen molar-refractivity contribution < 1.29 is 9.53 Å². The van der Waals surface area contributed by atoms with Gasteiger partial charge in [-0.25, -0.2) is 0 Å². The van der Waals surface area contributed by atoms with Crippen LogP contribution in [0.5, 0.6) is 0 Å². The standard InChI is InChI=1S/C23H25ClN4O2S/c1-16(17-6-3-2-4-7-17)25-21(29)15-31-23-27-26-22(18-9-11-19(24)12-10-18)28(23)14-20-8-5-13-30-20/h2-4,6-7,9-12,16,20H,5,8,13-15H2,1H3,(H,25,29)/t16-,20-/m1/s1. The third-order valence-corrected chi connectivity index (χ3v) is 6.46. The lowest BCUT2D eigenvalue weighted by atomic mass is 10.1. The number of ether oxygens (including phenoxy) is 1. The molecule has 4 rings (SSSR count). The van der Waals surface area contributed by atoms with Gasteiger partial charge in [0.1, 0.15) is 0 Å². The average Bonchev–Trinajstić information content (AvgIpc) is 3.44. The fourth-order valence-electron chi connectivity index (χ4n) is 3.60. The summed E-state index contributed by atoms with van der Waals surface area (Å²) in [4.78, 5) is 12.5. The van der Waals surface area contributed by atoms with Crippen LogP contribution in [0.15, 0.2) is 59.8 Å². The zero-order valence-electron chi connectivity index (χ0n) is 17.3. The van der Waals surface area contributed by atoms with Crippen LogP contribution in [0.25, 0.3) is 11.4 Å². The van der Waals surface area contributed by atoms with E-state index < -0.39 is 0 Å². The Morgan fingerprint density at radius 1 is 1.23 bits per heavy atom. The van der Waals surface area contributed by atoms with Crippen LogP contribution in [-0.4, -0.2) is 39.1 Å². The largest absolute Gasteiger partial charge is 0.376 e. The summed E-state index contributed by atoms with van der Waals surface area (Å²) in [5, 5.41) is 13.2. The second kappa shape index (κ2) is 10.3. The van der Waals surface area contributed by atoms with E-state index in [1.165, 1.54) is 11.8 Å². The zero-order valence-corrected chi connectivity index (χ0v) is 18.9. The van der Waals surface area contributed by atoms with Gasteiger partial charge in [-0.1, -0.05) is 53.7 Å². The van der Waals surface area contributed by atoms with Crippen molar-refractivity contribution >= 4 is 29.3 Å². The van der Waals surface area contributed by atoms with Crippen LogP contribution in [0.4, 0.5) is 0 Å². The molecule has 0 radical (unpaired) electrons. The minimum Gasteiger partial charge on any atom is -0.376 e. The quantitative estimate of drug-likeness (QED) is 0.495. The molecule has 3 aromatic rings. The number of carbonyl (C=O) groups excluding carboxylic acids is 1. The highest BCUT2D eigenvalue weighted by Crippen LogP contribution is 2.27. The van der Waals surface area contributed by atoms with Gasteiger partial charge in [-0.3, -0.25) is 9.36 Å². The van der Waals surface area contributed by atoms with Gasteiger partial charge in [0, 0.05) is 17.2 Å². The van der Waals surface area contributed by atoms with Crippen molar-refractivity contribution in [3.63, 3.8) is 0 Å². The van der Waals surface area contributed by atoms with Gasteiger partial charge in [0.25, 0.3) is 0 Å². The molecule has 0 unspecified atom stereocenters. The van der Waals surface area contributed by atoms with E-state index in [0.29, 0.717) is 16.7 Å². The van der Waals surface area contributed by atoms with Gasteiger partial charge in [0.15, 0.2) is 11.0 Å². The molecule has 0 spiro atoms. The molecule has 2 atom stereocenters. The predicted molar refractivity (Wildman–Crippen MR) is 123 cm³/mol. The molecule has 1 saturated heterocycles. The van der Waals surface area contributed by atoms with Crippen LogP contribution in [-0.2, 0) is 16.1 Å². The maximum Gasteiger partial charge on any atom is 0.230 e. The second-order valence-corrected chi connectivity index (χ2v) is 8.93. The van der Waals surface area contributed by atoms with Crippen molar-refractivity contribution in [2.24, 2.45) is 0 Å². The Hall–Kier alpha value is -2.35. The Kier molecular flexibility index (Phi) is 7.27. The summed E-state index contributed by atoms with van der Waals surface area (Å²) in [5.74, 6) is 0.982. The first-order valence-electron chi connectivity index (χ1n) is 10.4. The lowest BCUT2D eigenvalue weighted by Gasteiger charge is -2.16. The summed E-state index contributed by atoms with van der Waals surface area (Å²) in [5.41, 5.74) is 2.01. The highest BCUT2D eigenvalue weighted by molar-refractivity contribution is 7.99. The molecule has 0 bridgehead atoms. The average molecular weight is 457 g/mol. The van der Waals surface area contributed by atoms with Gasteiger partial charge < -0.3 is 10.1 Å². The maximum atomic E-state index is 12.5. The molecule has 2 heterocycles. The Labute approximate surface area is 191 Å². The Morgan fingerprint density at radius 3 is 2.71 bits per heavy atom. The summed E-state index contributed by atoms with van der Waals surface area (Å²) in [7, 11) is 0. The van der Waals surface area contributed by atoms with E-state index in [1.807, 2.05) is 61.5 Å². The molecule has 0 aliphatic carbocycles. The molecule has 31 heavy (non-hydrogen) atoms. The fourth-order valence-corrected chi connectivity index (χ4v) is 4.49. The van der Waals surface area contributed by atoms with E-state index >= 15 is 0 Å². The molecule has 1 fully saturated rings. The number of rotatable bonds is 8. The van der Waals surface area contributed by atoms with Gasteiger partial charge in [0.05, 0.1) is 24.4 Å². The van der Waals surface area contributed by atoms with Crippen molar-refractivity contribution in [2.45, 2.75) is 43.6 Å². The fraction of sp³-hybridized carbons (Fsp3) is 0.348. The molecule has 1 N–H and O–H groups in total. The minimum atomic E-state index is -0.0521. The normalized spacial score (nSPS) is 16.9. The molecule has 2 aromatic carbocycles. The van der Waals surface area contributed by atoms with Crippen molar-refractivity contribution in [1.82, 2.24) is 20.1 Å². The summed E-state index contributed by atoms with van der Waals surface area (Å²) < 4.78 is 7.89. The first-order valence-corrected chi connectivity index (χ1v) is 11.7. The number of hydrogen-bond acceptors (Lipinski definition) is 5. The van der Waals surface area contributed by atoms with Crippen molar-refractivity contribution in [3.05, 3.63) is 65.2 Å². The van der Waals surface area contributed by atoms with Crippen LogP contribution in [0.1, 0.15) is 31.4 Å². The van der Waals surface area contributed by atoms with E-state index in [9.17, 15) is 4.79 Å². The lowest BCUT2D eigenvalue weighted by Crippen LogP contribution is -2.28. The van der Waals surface area contributed by atoms with E-state index in [2.05, 4.69) is 20.1 Å². The number of hydrogen-bond donors (Lipinski definition) is 1. The molecule has 8 heteroatoms. The molecule has 0 saturated carbocycles. The molecule has 1 aliphatic heterocycles. The van der Waals surface area contributed by atoms with Gasteiger partial charge in [-0.2, -0.15) is 0 Å². The van der Waals surface area contributed by atoms with Crippen LogP contribution in [0.2, 0.25) is 5.02 Å². The Morgan fingerprint density at radius 2 is 2.00 bits per heavy atom. The number of nitrogens with zero attached hydrogens (tertiary/aromatic N) is 3. The van der Waals surface area contributed by atoms with Crippen LogP contribution >= 0.6 is 23.4 Å². The number of nitrogens with one attached hydrogen (secondary N) is 1. The molecular weight excluding hydrogens is 432 g/mol. The van der Waals surface area contributed by atoms with Crippen molar-refractivity contribution in [2.75, 3.05) is 12.4 Å². The van der Waals surface area contributed by atoms with E-state index in [-0.39, 0.29) is 23.8 Å². The number of carbonyl (C=O) groups is 1. The maximum absolute atomic E-state index is 12.5. The van der Waals surface area contributed by atoms with Gasteiger partial charge in [-0.05, 0) is 49.6 Å². The SMILES string of the molecule is C[C@@H](NC(=O)CSc1nnc(-c2ccc(Cl)cc2)n1C[C@H]1CCCO1)c1ccccc1. The Balaban J connectivity index is 1.46. The first-order chi connectivity index (χ1) is 15.1. The number of thioether (sulfide) groups is 1. The predicted octanol–water partition coefficient (Wildman–Crippen LogP) is 4.75. The smallest absolute Gasteiger partial charge is 0.230 e. The number of halogens is 1. The molecule has 1 amide bonds. The van der Waals surface area contributed by atoms with Crippen LogP contribution in [0, 0.1) is 0 Å². The van der Waals surface area contributed by atoms with Crippen molar-refractivity contribution in [3.8, 4) is 11.4 Å². The number of benzene rings is 2. The molecule has 1 aromatic heterocycles. The van der Waals surface area contributed by atoms with E-state index in [1.54, 1.807) is 0 Å². The van der Waals surface area contributed by atoms with Gasteiger partial charge >= 0.3 is 0 Å². The number of aromatic nitrogens is 3. The molecule has 6 nitrogen and oxygen atoms in total. The summed E-state index contributed by atoms with van der Waals surface area (Å²) in [6.07, 6.45) is 2.20. The van der Waals surface area contributed by atoms with Crippen LogP contribution in [0.3, 0.4) is 0 Å². The zero-order chi connectivity index (χ0) is 21.6. The van der Waals surface area contributed by atoms with Crippen LogP contribution < -0.4 is 5.32 Å². The summed E-state index contributed by atoms with van der Waals surface area (Å²) in [6.45, 7) is 3.43. The van der Waals surface area contributed by atoms with Gasteiger partial charge in [0.2, 0.25) is 5.91 Å². The first kappa shape index (κ1) is 21.9. The lowest BCUT2D eigenvalue weighted by molar-refractivity contribution is -0.119. The third-order valence-electron chi connectivity index (χ3n) is 5.24. The Bertz CT molecular complexity index is 1000. The van der Waals surface area contributed by atoms with E-state index in [0.717, 1.165) is 36.4 Å². The summed E-state index contributed by atoms with van der Waals surface area (Å²) >= 11 is 7.43. The monoisotopic (exact) mass is 456 g/mol. The van der Waals surface area contributed by atoms with Gasteiger partial charge in [-0.15, -0.1) is 10.2 Å². The molecular formula is C23H25ClN4O2S. The highest BCUT2D eigenvalue weighted by atomic mass is 35.5. The minimum absolute atomic E-state index is 0.0407. The third kappa shape index (κ3) is 5.67. The number of amides is 1. The second-order valence-electron chi connectivity index (χ2n) is 7.55. The van der Waals surface area contributed by atoms with E-state index in [4.69, 9.17) is 16.3 Å². The molecule has 1 aliphatic rings. The topological polar surface area (TPSA) is 69.0 Å². The highest BCUT2D eigenvalue weighted by Gasteiger charge is 2.22. The molecule has 162 valence electrons. The summed E-state index contributed by atoms with van der Waals surface area (Å²) in [6, 6.07) is 17.4.